The van der Waals surface area contributed by atoms with Gasteiger partial charge in [0.15, 0.2) is 0 Å². The van der Waals surface area contributed by atoms with Crippen molar-refractivity contribution in [2.24, 2.45) is 5.73 Å². The monoisotopic (exact) mass is 299 g/mol. The van der Waals surface area contributed by atoms with Crippen LogP contribution >= 0.6 is 0 Å². The predicted octanol–water partition coefficient (Wildman–Crippen LogP) is 3.76. The number of nitrogens with two attached hydrogens (primary N) is 1. The van der Waals surface area contributed by atoms with Crippen LogP contribution in [0.25, 0.3) is 0 Å². The molecule has 3 N–H and O–H groups in total. The largest absolute Gasteiger partial charge is 0.416 e. The lowest BCUT2D eigenvalue weighted by molar-refractivity contribution is -0.137. The Hall–Kier alpha value is -1.72. The van der Waals surface area contributed by atoms with Crippen LogP contribution in [-0.4, -0.2) is 17.9 Å². The van der Waals surface area contributed by atoms with Crippen molar-refractivity contribution in [2.75, 3.05) is 4.90 Å². The Labute approximate surface area is 122 Å². The molecule has 0 spiro atoms. The van der Waals surface area contributed by atoms with E-state index in [9.17, 15) is 13.2 Å². The van der Waals surface area contributed by atoms with Crippen LogP contribution in [0.3, 0.4) is 0 Å². The number of anilines is 1. The zero-order chi connectivity index (χ0) is 15.8. The summed E-state index contributed by atoms with van der Waals surface area (Å²) < 4.78 is 38.5. The second-order valence-electron chi connectivity index (χ2n) is 5.54. The van der Waals surface area contributed by atoms with Crippen molar-refractivity contribution >= 4 is 11.5 Å². The third-order valence-electron chi connectivity index (χ3n) is 4.15. The van der Waals surface area contributed by atoms with Crippen LogP contribution < -0.4 is 10.6 Å². The molecule has 1 aromatic rings. The highest BCUT2D eigenvalue weighted by Gasteiger charge is 2.34. The summed E-state index contributed by atoms with van der Waals surface area (Å²) in [6, 6.07) is 4.03. The molecule has 1 aromatic carbocycles. The molecule has 1 heterocycles. The second kappa shape index (κ2) is 5.58. The maximum Gasteiger partial charge on any atom is 0.416 e. The molecule has 0 aromatic heterocycles. The molecule has 2 unspecified atom stereocenters. The minimum Gasteiger partial charge on any atom is -0.384 e. The number of nitrogens with one attached hydrogen (secondary N) is 1. The lowest BCUT2D eigenvalue weighted by Gasteiger charge is -2.32. The van der Waals surface area contributed by atoms with Gasteiger partial charge in [0.1, 0.15) is 5.84 Å². The van der Waals surface area contributed by atoms with Crippen LogP contribution in [0, 0.1) is 5.41 Å². The Morgan fingerprint density at radius 1 is 1.38 bits per heavy atom. The van der Waals surface area contributed by atoms with E-state index in [2.05, 4.69) is 18.7 Å². The number of alkyl halides is 3. The molecule has 116 valence electrons. The van der Waals surface area contributed by atoms with Gasteiger partial charge in [-0.05, 0) is 44.4 Å². The van der Waals surface area contributed by atoms with Crippen LogP contribution in [0.4, 0.5) is 18.9 Å². The molecule has 1 saturated heterocycles. The predicted molar refractivity (Wildman–Crippen MR) is 77.7 cm³/mol. The van der Waals surface area contributed by atoms with Gasteiger partial charge in [-0.1, -0.05) is 6.92 Å². The van der Waals surface area contributed by atoms with Crippen LogP contribution in [0.2, 0.25) is 0 Å². The molecular formula is C15H20F3N3. The Morgan fingerprint density at radius 2 is 2.05 bits per heavy atom. The van der Waals surface area contributed by atoms with Gasteiger partial charge in [0.05, 0.1) is 5.56 Å². The maximum atomic E-state index is 12.8. The average Bonchev–Trinajstić information content (AvgIpc) is 2.77. The lowest BCUT2D eigenvalue weighted by atomic mass is 10.0. The van der Waals surface area contributed by atoms with Crippen LogP contribution in [-0.2, 0) is 6.18 Å². The molecule has 0 radical (unpaired) electrons. The zero-order valence-corrected chi connectivity index (χ0v) is 12.2. The summed E-state index contributed by atoms with van der Waals surface area (Å²) in [6.45, 7) is 4.12. The molecule has 6 heteroatoms. The highest BCUT2D eigenvalue weighted by atomic mass is 19.4. The van der Waals surface area contributed by atoms with Gasteiger partial charge in [-0.3, -0.25) is 5.41 Å². The Morgan fingerprint density at radius 3 is 2.57 bits per heavy atom. The molecule has 0 amide bonds. The van der Waals surface area contributed by atoms with Gasteiger partial charge < -0.3 is 10.6 Å². The minimum absolute atomic E-state index is 0.164. The highest BCUT2D eigenvalue weighted by molar-refractivity contribution is 6.00. The summed E-state index contributed by atoms with van der Waals surface area (Å²) in [7, 11) is 0. The second-order valence-corrected chi connectivity index (χ2v) is 5.54. The number of amidine groups is 1. The fourth-order valence-electron chi connectivity index (χ4n) is 3.06. The van der Waals surface area contributed by atoms with Gasteiger partial charge in [-0.2, -0.15) is 13.2 Å². The van der Waals surface area contributed by atoms with Crippen molar-refractivity contribution in [3.8, 4) is 0 Å². The van der Waals surface area contributed by atoms with E-state index in [4.69, 9.17) is 11.1 Å². The standard InChI is InChI=1S/C15H20F3N3/c1-3-11-6-4-9(2)21(11)13-7-5-10(15(16,17)18)8-12(13)14(19)20/h5,7-9,11H,3-4,6H2,1-2H3,(H3,19,20). The first-order chi connectivity index (χ1) is 9.75. The zero-order valence-electron chi connectivity index (χ0n) is 12.2. The van der Waals surface area contributed by atoms with Crippen molar-refractivity contribution in [1.29, 1.82) is 5.41 Å². The quantitative estimate of drug-likeness (QED) is 0.659. The smallest absolute Gasteiger partial charge is 0.384 e. The Bertz CT molecular complexity index is 539. The summed E-state index contributed by atoms with van der Waals surface area (Å²) in [6.07, 6.45) is -1.50. The Balaban J connectivity index is 2.51. The number of halogens is 3. The molecule has 2 atom stereocenters. The van der Waals surface area contributed by atoms with E-state index < -0.39 is 11.7 Å². The molecule has 0 bridgehead atoms. The van der Waals surface area contributed by atoms with Gasteiger partial charge in [0.2, 0.25) is 0 Å². The molecule has 21 heavy (non-hydrogen) atoms. The number of nitrogens with zero attached hydrogens (tertiary/aromatic N) is 1. The van der Waals surface area contributed by atoms with Crippen LogP contribution in [0.15, 0.2) is 18.2 Å². The van der Waals surface area contributed by atoms with E-state index in [1.165, 1.54) is 6.07 Å². The van der Waals surface area contributed by atoms with Crippen molar-refractivity contribution in [1.82, 2.24) is 0 Å². The van der Waals surface area contributed by atoms with Crippen molar-refractivity contribution < 1.29 is 13.2 Å². The third kappa shape index (κ3) is 2.99. The molecule has 1 aliphatic heterocycles. The number of hydrogen-bond acceptors (Lipinski definition) is 2. The summed E-state index contributed by atoms with van der Waals surface area (Å²) in [4.78, 5) is 2.11. The topological polar surface area (TPSA) is 53.1 Å². The summed E-state index contributed by atoms with van der Waals surface area (Å²) in [5, 5.41) is 7.61. The fraction of sp³-hybridized carbons (Fsp3) is 0.533. The van der Waals surface area contributed by atoms with E-state index in [1.54, 1.807) is 0 Å². The molecular weight excluding hydrogens is 279 g/mol. The molecule has 0 aliphatic carbocycles. The molecule has 2 rings (SSSR count). The first-order valence-corrected chi connectivity index (χ1v) is 7.09. The van der Waals surface area contributed by atoms with Crippen molar-refractivity contribution in [2.45, 2.75) is 51.4 Å². The summed E-state index contributed by atoms with van der Waals surface area (Å²) in [5.74, 6) is -0.329. The molecule has 1 fully saturated rings. The number of benzene rings is 1. The van der Waals surface area contributed by atoms with Crippen molar-refractivity contribution in [3.63, 3.8) is 0 Å². The SMILES string of the molecule is CCC1CCC(C)N1c1ccc(C(F)(F)F)cc1C(=N)N. The average molecular weight is 299 g/mol. The number of hydrogen-bond donors (Lipinski definition) is 2. The Kier molecular flexibility index (Phi) is 4.16. The van der Waals surface area contributed by atoms with Gasteiger partial charge in [0, 0.05) is 23.3 Å². The maximum absolute atomic E-state index is 12.8. The van der Waals surface area contributed by atoms with E-state index in [-0.39, 0.29) is 23.5 Å². The summed E-state index contributed by atoms with van der Waals surface area (Å²) in [5.41, 5.74) is 5.54. The highest BCUT2D eigenvalue weighted by Crippen LogP contribution is 2.37. The van der Waals surface area contributed by atoms with Gasteiger partial charge in [-0.15, -0.1) is 0 Å². The number of rotatable bonds is 3. The summed E-state index contributed by atoms with van der Waals surface area (Å²) >= 11 is 0. The lowest BCUT2D eigenvalue weighted by Crippen LogP contribution is -2.36. The molecule has 3 nitrogen and oxygen atoms in total. The van der Waals surface area contributed by atoms with E-state index in [1.807, 2.05) is 0 Å². The van der Waals surface area contributed by atoms with Crippen molar-refractivity contribution in [3.05, 3.63) is 29.3 Å². The van der Waals surface area contributed by atoms with E-state index in [0.29, 0.717) is 5.69 Å². The van der Waals surface area contributed by atoms with E-state index >= 15 is 0 Å². The van der Waals surface area contributed by atoms with Gasteiger partial charge in [0.25, 0.3) is 0 Å². The first-order valence-electron chi connectivity index (χ1n) is 7.09. The van der Waals surface area contributed by atoms with Crippen LogP contribution in [0.1, 0.15) is 44.2 Å². The number of nitrogen functional groups attached to an aromatic ring is 1. The molecule has 0 saturated carbocycles. The first kappa shape index (κ1) is 15.7. The fourth-order valence-corrected chi connectivity index (χ4v) is 3.06. The van der Waals surface area contributed by atoms with Gasteiger partial charge >= 0.3 is 6.18 Å². The molecule has 1 aliphatic rings. The van der Waals surface area contributed by atoms with Crippen LogP contribution in [0.5, 0.6) is 0 Å². The minimum atomic E-state index is -4.43. The van der Waals surface area contributed by atoms with Gasteiger partial charge in [-0.25, -0.2) is 0 Å². The normalized spacial score (nSPS) is 22.6. The van der Waals surface area contributed by atoms with E-state index in [0.717, 1.165) is 31.4 Å². The third-order valence-corrected chi connectivity index (χ3v) is 4.15.